The van der Waals surface area contributed by atoms with Gasteiger partial charge in [0.1, 0.15) is 0 Å². The fourth-order valence-electron chi connectivity index (χ4n) is 2.82. The molecule has 0 spiro atoms. The number of aromatic nitrogens is 2. The number of Topliss-reactive ketones (excluding diaryl/α,β-unsaturated/α-hetero) is 1. The fraction of sp³-hybridized carbons (Fsp3) is 0.421. The Morgan fingerprint density at radius 3 is 2.28 bits per heavy atom. The summed E-state index contributed by atoms with van der Waals surface area (Å²) in [5.74, 6) is -1.23. The van der Waals surface area contributed by atoms with E-state index in [9.17, 15) is 14.7 Å². The summed E-state index contributed by atoms with van der Waals surface area (Å²) >= 11 is 0. The van der Waals surface area contributed by atoms with Gasteiger partial charge in [0.2, 0.25) is 0 Å². The Bertz CT molecular complexity index is 773. The average molecular weight is 343 g/mol. The number of aryl methyl sites for hydroxylation is 2. The lowest BCUT2D eigenvalue weighted by Gasteiger charge is -2.28. The maximum atomic E-state index is 12.9. The van der Waals surface area contributed by atoms with Gasteiger partial charge in [-0.3, -0.25) is 14.3 Å². The van der Waals surface area contributed by atoms with Gasteiger partial charge < -0.3 is 10.0 Å². The van der Waals surface area contributed by atoms with E-state index in [1.165, 1.54) is 4.90 Å². The molecule has 0 saturated carbocycles. The summed E-state index contributed by atoms with van der Waals surface area (Å²) < 4.78 is 1.59. The van der Waals surface area contributed by atoms with Crippen LogP contribution in [0, 0.1) is 13.8 Å². The number of hydrogen-bond donors (Lipinski definition) is 1. The molecule has 0 radical (unpaired) electrons. The van der Waals surface area contributed by atoms with Crippen LogP contribution in [0.3, 0.4) is 0 Å². The summed E-state index contributed by atoms with van der Waals surface area (Å²) in [5.41, 5.74) is 1.30. The molecule has 0 aliphatic heterocycles. The lowest BCUT2D eigenvalue weighted by atomic mass is 10.0. The van der Waals surface area contributed by atoms with E-state index >= 15 is 0 Å². The van der Waals surface area contributed by atoms with Crippen molar-refractivity contribution < 1.29 is 14.7 Å². The lowest BCUT2D eigenvalue weighted by molar-refractivity contribution is -0.130. The van der Waals surface area contributed by atoms with Crippen LogP contribution in [-0.2, 0) is 18.4 Å². The minimum Gasteiger partial charge on any atom is -0.389 e. The van der Waals surface area contributed by atoms with Crippen molar-refractivity contribution in [1.82, 2.24) is 14.7 Å². The highest BCUT2D eigenvalue weighted by molar-refractivity contribution is 6.43. The highest BCUT2D eigenvalue weighted by Gasteiger charge is 2.31. The highest BCUT2D eigenvalue weighted by Crippen LogP contribution is 2.17. The molecule has 0 fully saturated rings. The SMILES string of the molecule is Cc1nn(C)c(C)c1C(=O)C(=O)N(Cc1ccccc1)CC(C)(C)O. The van der Waals surface area contributed by atoms with Crippen molar-refractivity contribution >= 4 is 11.7 Å². The van der Waals surface area contributed by atoms with E-state index < -0.39 is 17.3 Å². The third kappa shape index (κ3) is 4.54. The van der Waals surface area contributed by atoms with Crippen LogP contribution in [-0.4, -0.2) is 43.6 Å². The van der Waals surface area contributed by atoms with E-state index in [1.54, 1.807) is 39.4 Å². The Kier molecular flexibility index (Phi) is 5.42. The molecule has 0 saturated heterocycles. The molecule has 0 unspecified atom stereocenters. The summed E-state index contributed by atoms with van der Waals surface area (Å²) in [5, 5.41) is 14.4. The zero-order valence-corrected chi connectivity index (χ0v) is 15.4. The zero-order valence-electron chi connectivity index (χ0n) is 15.4. The average Bonchev–Trinajstić information content (AvgIpc) is 2.77. The Hall–Kier alpha value is -2.47. The van der Waals surface area contributed by atoms with Gasteiger partial charge in [-0.25, -0.2) is 0 Å². The van der Waals surface area contributed by atoms with Gasteiger partial charge in [0, 0.05) is 25.8 Å². The van der Waals surface area contributed by atoms with E-state index in [4.69, 9.17) is 0 Å². The number of carbonyl (C=O) groups excluding carboxylic acids is 2. The molecule has 2 aromatic rings. The third-order valence-electron chi connectivity index (χ3n) is 4.01. The highest BCUT2D eigenvalue weighted by atomic mass is 16.3. The van der Waals surface area contributed by atoms with Crippen LogP contribution in [0.25, 0.3) is 0 Å². The van der Waals surface area contributed by atoms with Crippen molar-refractivity contribution in [2.45, 2.75) is 39.8 Å². The Labute approximate surface area is 148 Å². The second-order valence-corrected chi connectivity index (χ2v) is 6.96. The fourth-order valence-corrected chi connectivity index (χ4v) is 2.82. The largest absolute Gasteiger partial charge is 0.389 e. The lowest BCUT2D eigenvalue weighted by Crippen LogP contribution is -2.44. The van der Waals surface area contributed by atoms with Gasteiger partial charge in [-0.05, 0) is 33.3 Å². The summed E-state index contributed by atoms with van der Waals surface area (Å²) in [4.78, 5) is 27.1. The molecule has 0 bridgehead atoms. The van der Waals surface area contributed by atoms with Crippen LogP contribution in [0.4, 0.5) is 0 Å². The quantitative estimate of drug-likeness (QED) is 0.643. The van der Waals surface area contributed by atoms with Gasteiger partial charge in [0.15, 0.2) is 0 Å². The van der Waals surface area contributed by atoms with Crippen LogP contribution in [0.15, 0.2) is 30.3 Å². The van der Waals surface area contributed by atoms with Gasteiger partial charge in [-0.15, -0.1) is 0 Å². The molecule has 25 heavy (non-hydrogen) atoms. The molecule has 134 valence electrons. The topological polar surface area (TPSA) is 75.4 Å². The monoisotopic (exact) mass is 343 g/mol. The van der Waals surface area contributed by atoms with Gasteiger partial charge in [0.25, 0.3) is 11.7 Å². The Balaban J connectivity index is 2.32. The summed E-state index contributed by atoms with van der Waals surface area (Å²) in [6, 6.07) is 9.41. The molecule has 1 aromatic carbocycles. The maximum Gasteiger partial charge on any atom is 0.295 e. The van der Waals surface area contributed by atoms with E-state index in [-0.39, 0.29) is 13.1 Å². The smallest absolute Gasteiger partial charge is 0.295 e. The minimum absolute atomic E-state index is 0.0603. The van der Waals surface area contributed by atoms with Crippen molar-refractivity contribution in [2.24, 2.45) is 7.05 Å². The number of carbonyl (C=O) groups is 2. The van der Waals surface area contributed by atoms with Crippen LogP contribution >= 0.6 is 0 Å². The second kappa shape index (κ2) is 7.19. The van der Waals surface area contributed by atoms with E-state index in [0.29, 0.717) is 17.0 Å². The molecule has 1 aromatic heterocycles. The van der Waals surface area contributed by atoms with Gasteiger partial charge in [-0.2, -0.15) is 5.10 Å². The summed E-state index contributed by atoms with van der Waals surface area (Å²) in [7, 11) is 1.74. The van der Waals surface area contributed by atoms with Crippen molar-refractivity contribution in [3.63, 3.8) is 0 Å². The van der Waals surface area contributed by atoms with E-state index in [1.807, 2.05) is 30.3 Å². The van der Waals surface area contributed by atoms with Crippen LogP contribution in [0.2, 0.25) is 0 Å². The van der Waals surface area contributed by atoms with Gasteiger partial charge in [0.05, 0.1) is 16.9 Å². The molecule has 1 amide bonds. The Morgan fingerprint density at radius 2 is 1.80 bits per heavy atom. The predicted molar refractivity (Wildman–Crippen MR) is 95.2 cm³/mol. The van der Waals surface area contributed by atoms with Crippen LogP contribution < -0.4 is 0 Å². The molecule has 1 heterocycles. The van der Waals surface area contributed by atoms with E-state index in [0.717, 1.165) is 5.56 Å². The number of benzene rings is 1. The molecule has 6 heteroatoms. The zero-order chi connectivity index (χ0) is 18.8. The van der Waals surface area contributed by atoms with Crippen molar-refractivity contribution in [3.8, 4) is 0 Å². The van der Waals surface area contributed by atoms with Crippen molar-refractivity contribution in [2.75, 3.05) is 6.54 Å². The minimum atomic E-state index is -1.11. The molecule has 1 N–H and O–H groups in total. The normalized spacial score (nSPS) is 11.4. The first-order valence-electron chi connectivity index (χ1n) is 8.20. The number of amides is 1. The third-order valence-corrected chi connectivity index (χ3v) is 4.01. The molecular formula is C19H25N3O3. The van der Waals surface area contributed by atoms with E-state index in [2.05, 4.69) is 5.10 Å². The van der Waals surface area contributed by atoms with Gasteiger partial charge >= 0.3 is 0 Å². The molecule has 6 nitrogen and oxygen atoms in total. The number of nitrogens with zero attached hydrogens (tertiary/aromatic N) is 3. The van der Waals surface area contributed by atoms with Gasteiger partial charge in [-0.1, -0.05) is 30.3 Å². The molecule has 0 aliphatic carbocycles. The van der Waals surface area contributed by atoms with Crippen LogP contribution in [0.5, 0.6) is 0 Å². The predicted octanol–water partition coefficient (Wildman–Crippen LogP) is 2.02. The molecule has 0 atom stereocenters. The first-order valence-corrected chi connectivity index (χ1v) is 8.20. The summed E-state index contributed by atoms with van der Waals surface area (Å²) in [6.07, 6.45) is 0. The molecule has 2 rings (SSSR count). The number of aliphatic hydroxyl groups is 1. The first-order chi connectivity index (χ1) is 11.6. The Morgan fingerprint density at radius 1 is 1.20 bits per heavy atom. The number of hydrogen-bond acceptors (Lipinski definition) is 4. The van der Waals surface area contributed by atoms with Crippen molar-refractivity contribution in [1.29, 1.82) is 0 Å². The second-order valence-electron chi connectivity index (χ2n) is 6.96. The maximum absolute atomic E-state index is 12.9. The standard InChI is InChI=1S/C19H25N3O3/c1-13-16(14(2)21(5)20-13)17(23)18(24)22(12-19(3,4)25)11-15-9-7-6-8-10-15/h6-10,25H,11-12H2,1-5H3. The summed E-state index contributed by atoms with van der Waals surface area (Å²) in [6.45, 7) is 7.02. The number of ketones is 1. The molecule has 0 aliphatic rings. The number of rotatable bonds is 6. The van der Waals surface area contributed by atoms with Crippen molar-refractivity contribution in [3.05, 3.63) is 52.8 Å². The molecular weight excluding hydrogens is 318 g/mol. The first kappa shape index (κ1) is 18.9. The van der Waals surface area contributed by atoms with Crippen LogP contribution in [0.1, 0.15) is 41.2 Å².